The summed E-state index contributed by atoms with van der Waals surface area (Å²) in [5, 5.41) is 10.4. The van der Waals surface area contributed by atoms with Crippen LogP contribution in [0.3, 0.4) is 0 Å². The molecule has 2 aliphatic rings. The van der Waals surface area contributed by atoms with Crippen molar-refractivity contribution in [3.8, 4) is 0 Å². The number of benzene rings is 1. The Bertz CT molecular complexity index is 468. The number of anilines is 1. The van der Waals surface area contributed by atoms with Crippen LogP contribution in [0.4, 0.5) is 5.69 Å². The molecule has 0 radical (unpaired) electrons. The highest BCUT2D eigenvalue weighted by Gasteiger charge is 2.34. The first-order valence-electron chi connectivity index (χ1n) is 7.91. The highest BCUT2D eigenvalue weighted by molar-refractivity contribution is 6.33. The van der Waals surface area contributed by atoms with Crippen LogP contribution in [0, 0.1) is 5.92 Å². The van der Waals surface area contributed by atoms with Crippen LogP contribution in [0.15, 0.2) is 18.2 Å². The van der Waals surface area contributed by atoms with E-state index in [9.17, 15) is 5.11 Å². The van der Waals surface area contributed by atoms with E-state index in [4.69, 9.17) is 11.6 Å². The van der Waals surface area contributed by atoms with Crippen molar-refractivity contribution in [2.24, 2.45) is 5.92 Å². The second-order valence-corrected chi connectivity index (χ2v) is 6.74. The van der Waals surface area contributed by atoms with E-state index in [1.165, 1.54) is 38.5 Å². The molecule has 110 valence electrons. The quantitative estimate of drug-likeness (QED) is 0.883. The van der Waals surface area contributed by atoms with E-state index in [1.54, 1.807) is 6.92 Å². The van der Waals surface area contributed by atoms with E-state index in [2.05, 4.69) is 11.0 Å². The van der Waals surface area contributed by atoms with Gasteiger partial charge in [-0.1, -0.05) is 30.5 Å². The maximum atomic E-state index is 9.66. The molecule has 0 spiro atoms. The minimum Gasteiger partial charge on any atom is -0.389 e. The second-order valence-electron chi connectivity index (χ2n) is 6.33. The molecule has 3 rings (SSSR count). The summed E-state index contributed by atoms with van der Waals surface area (Å²) in [7, 11) is 0. The summed E-state index contributed by atoms with van der Waals surface area (Å²) in [6.45, 7) is 2.90. The molecule has 1 aliphatic heterocycles. The van der Waals surface area contributed by atoms with Crippen LogP contribution >= 0.6 is 11.6 Å². The number of hydrogen-bond donors (Lipinski definition) is 1. The maximum absolute atomic E-state index is 9.66. The van der Waals surface area contributed by atoms with Gasteiger partial charge in [-0.2, -0.15) is 0 Å². The summed E-state index contributed by atoms with van der Waals surface area (Å²) < 4.78 is 0. The fourth-order valence-electron chi connectivity index (χ4n) is 3.94. The molecule has 1 aromatic rings. The van der Waals surface area contributed by atoms with Crippen molar-refractivity contribution in [2.75, 3.05) is 11.4 Å². The Morgan fingerprint density at radius 1 is 1.20 bits per heavy atom. The van der Waals surface area contributed by atoms with Crippen LogP contribution in [0.2, 0.25) is 5.02 Å². The minimum atomic E-state index is -0.453. The molecule has 2 nitrogen and oxygen atoms in total. The molecule has 2 atom stereocenters. The zero-order valence-electron chi connectivity index (χ0n) is 12.2. The highest BCUT2D eigenvalue weighted by Crippen LogP contribution is 2.40. The molecule has 1 unspecified atom stereocenters. The first-order chi connectivity index (χ1) is 9.66. The normalized spacial score (nSPS) is 25.4. The summed E-state index contributed by atoms with van der Waals surface area (Å²) in [5.74, 6) is 0.852. The van der Waals surface area contributed by atoms with Crippen molar-refractivity contribution in [2.45, 2.75) is 57.6 Å². The maximum Gasteiger partial charge on any atom is 0.0762 e. The summed E-state index contributed by atoms with van der Waals surface area (Å²) in [6.07, 6.45) is 7.67. The van der Waals surface area contributed by atoms with Crippen LogP contribution in [-0.4, -0.2) is 17.7 Å². The van der Waals surface area contributed by atoms with Gasteiger partial charge < -0.3 is 10.0 Å². The Balaban J connectivity index is 1.83. The van der Waals surface area contributed by atoms with Crippen molar-refractivity contribution in [1.82, 2.24) is 0 Å². The van der Waals surface area contributed by atoms with E-state index in [1.807, 2.05) is 12.1 Å². The number of aliphatic hydroxyl groups is 1. The molecule has 2 fully saturated rings. The van der Waals surface area contributed by atoms with Crippen molar-refractivity contribution < 1.29 is 5.11 Å². The average molecular weight is 294 g/mol. The highest BCUT2D eigenvalue weighted by atomic mass is 35.5. The molecule has 0 aromatic heterocycles. The third-order valence-electron chi connectivity index (χ3n) is 5.01. The molecule has 3 heteroatoms. The Hall–Kier alpha value is -0.730. The van der Waals surface area contributed by atoms with Crippen LogP contribution in [0.5, 0.6) is 0 Å². The van der Waals surface area contributed by atoms with Gasteiger partial charge >= 0.3 is 0 Å². The summed E-state index contributed by atoms with van der Waals surface area (Å²) in [5.41, 5.74) is 2.06. The summed E-state index contributed by atoms with van der Waals surface area (Å²) >= 11 is 6.47. The van der Waals surface area contributed by atoms with Crippen molar-refractivity contribution in [3.05, 3.63) is 28.8 Å². The Labute approximate surface area is 126 Å². The Morgan fingerprint density at radius 3 is 2.60 bits per heavy atom. The number of rotatable bonds is 3. The van der Waals surface area contributed by atoms with Crippen LogP contribution in [0.25, 0.3) is 0 Å². The lowest BCUT2D eigenvalue weighted by molar-refractivity contribution is 0.199. The molecule has 1 aliphatic carbocycles. The second kappa shape index (κ2) is 5.95. The number of nitrogens with zero attached hydrogens (tertiary/aromatic N) is 1. The molecule has 1 aromatic carbocycles. The lowest BCUT2D eigenvalue weighted by atomic mass is 9.95. The first kappa shape index (κ1) is 14.2. The molecule has 20 heavy (non-hydrogen) atoms. The predicted molar refractivity (Wildman–Crippen MR) is 84.4 cm³/mol. The van der Waals surface area contributed by atoms with Crippen LogP contribution in [0.1, 0.15) is 57.1 Å². The van der Waals surface area contributed by atoms with Gasteiger partial charge in [-0.3, -0.25) is 0 Å². The molecular formula is C17H24ClNO. The van der Waals surface area contributed by atoms with Gasteiger partial charge in [0.15, 0.2) is 0 Å². The van der Waals surface area contributed by atoms with Gasteiger partial charge in [-0.15, -0.1) is 0 Å². The standard InChI is InChI=1S/C17H24ClNO/c1-12(20)14-8-9-17(15(18)11-14)19-10-4-7-16(19)13-5-2-3-6-13/h8-9,11-13,16,20H,2-7,10H2,1H3/t12-,16?/m0/s1. The number of halogens is 1. The van der Waals surface area contributed by atoms with Gasteiger partial charge in [0.1, 0.15) is 0 Å². The number of aliphatic hydroxyl groups excluding tert-OH is 1. The SMILES string of the molecule is C[C@H](O)c1ccc(N2CCCC2C2CCCC2)c(Cl)c1. The molecular weight excluding hydrogens is 270 g/mol. The van der Waals surface area contributed by atoms with Gasteiger partial charge in [-0.05, 0) is 56.2 Å². The smallest absolute Gasteiger partial charge is 0.0762 e. The molecule has 1 N–H and O–H groups in total. The lowest BCUT2D eigenvalue weighted by Gasteiger charge is -2.32. The van der Waals surface area contributed by atoms with Crippen LogP contribution < -0.4 is 4.90 Å². The first-order valence-corrected chi connectivity index (χ1v) is 8.29. The molecule has 1 saturated carbocycles. The van der Waals surface area contributed by atoms with Crippen LogP contribution in [-0.2, 0) is 0 Å². The van der Waals surface area contributed by atoms with E-state index < -0.39 is 6.10 Å². The van der Waals surface area contributed by atoms with E-state index in [0.29, 0.717) is 6.04 Å². The zero-order chi connectivity index (χ0) is 14.1. The largest absolute Gasteiger partial charge is 0.389 e. The summed E-state index contributed by atoms with van der Waals surface area (Å²) in [4.78, 5) is 2.52. The number of hydrogen-bond acceptors (Lipinski definition) is 2. The predicted octanol–water partition coefficient (Wildman–Crippen LogP) is 4.55. The monoisotopic (exact) mass is 293 g/mol. The fourth-order valence-corrected chi connectivity index (χ4v) is 4.24. The topological polar surface area (TPSA) is 23.5 Å². The fraction of sp³-hybridized carbons (Fsp3) is 0.647. The van der Waals surface area contributed by atoms with E-state index in [-0.39, 0.29) is 0 Å². The Kier molecular flexibility index (Phi) is 4.23. The average Bonchev–Trinajstić information content (AvgIpc) is 3.09. The third kappa shape index (κ3) is 2.68. The van der Waals surface area contributed by atoms with Gasteiger partial charge in [0.05, 0.1) is 16.8 Å². The molecule has 1 saturated heterocycles. The van der Waals surface area contributed by atoms with Crippen molar-refractivity contribution >= 4 is 17.3 Å². The van der Waals surface area contributed by atoms with Crippen molar-refractivity contribution in [1.29, 1.82) is 0 Å². The third-order valence-corrected chi connectivity index (χ3v) is 5.31. The molecule has 1 heterocycles. The summed E-state index contributed by atoms with van der Waals surface area (Å²) in [6, 6.07) is 6.70. The molecule has 0 bridgehead atoms. The lowest BCUT2D eigenvalue weighted by Crippen LogP contribution is -2.34. The molecule has 0 amide bonds. The minimum absolute atomic E-state index is 0.453. The van der Waals surface area contributed by atoms with Crippen molar-refractivity contribution in [3.63, 3.8) is 0 Å². The van der Waals surface area contributed by atoms with E-state index >= 15 is 0 Å². The van der Waals surface area contributed by atoms with E-state index in [0.717, 1.165) is 28.7 Å². The van der Waals surface area contributed by atoms with Gasteiger partial charge in [-0.25, -0.2) is 0 Å². The van der Waals surface area contributed by atoms with Gasteiger partial charge in [0.25, 0.3) is 0 Å². The van der Waals surface area contributed by atoms with Gasteiger partial charge in [0, 0.05) is 12.6 Å². The van der Waals surface area contributed by atoms with Gasteiger partial charge in [0.2, 0.25) is 0 Å². The zero-order valence-corrected chi connectivity index (χ0v) is 12.9. The Morgan fingerprint density at radius 2 is 1.95 bits per heavy atom.